The van der Waals surface area contributed by atoms with Gasteiger partial charge in [0.05, 0.1) is 6.61 Å². The average molecular weight is 393 g/mol. The monoisotopic (exact) mass is 392 g/mol. The first-order chi connectivity index (χ1) is 12.9. The fraction of sp³-hybridized carbons (Fsp3) is 0.667. The van der Waals surface area contributed by atoms with Crippen LogP contribution in [-0.2, 0) is 9.53 Å². The molecule has 0 spiro atoms. The van der Waals surface area contributed by atoms with Crippen LogP contribution in [0.15, 0.2) is 30.3 Å². The Morgan fingerprint density at radius 1 is 0.889 bits per heavy atom. The van der Waals surface area contributed by atoms with Gasteiger partial charge < -0.3 is 25.2 Å². The lowest BCUT2D eigenvalue weighted by Crippen LogP contribution is -1.95. The number of aliphatic hydroxyl groups is 4. The van der Waals surface area contributed by atoms with Crippen molar-refractivity contribution in [3.63, 3.8) is 0 Å². The highest BCUT2D eigenvalue weighted by Crippen LogP contribution is 1.92. The lowest BCUT2D eigenvalue weighted by molar-refractivity contribution is -0.140. The zero-order valence-electron chi connectivity index (χ0n) is 18.4. The molecule has 0 atom stereocenters. The van der Waals surface area contributed by atoms with Gasteiger partial charge in [-0.05, 0) is 33.6 Å². The molecule has 6 heteroatoms. The molecule has 0 heterocycles. The topological polar surface area (TPSA) is 107 Å². The van der Waals surface area contributed by atoms with Crippen LogP contribution in [0.3, 0.4) is 0 Å². The number of carbonyl (C=O) groups excluding carboxylic acids is 1. The number of rotatable bonds is 4. The van der Waals surface area contributed by atoms with Gasteiger partial charge in [-0.25, -0.2) is 0 Å². The minimum atomic E-state index is -0.211. The van der Waals surface area contributed by atoms with E-state index < -0.39 is 0 Å². The van der Waals surface area contributed by atoms with Gasteiger partial charge in [0.2, 0.25) is 0 Å². The summed E-state index contributed by atoms with van der Waals surface area (Å²) < 4.78 is 4.40. The Morgan fingerprint density at radius 3 is 1.37 bits per heavy atom. The number of hydrogen-bond acceptors (Lipinski definition) is 6. The van der Waals surface area contributed by atoms with Crippen LogP contribution in [0.5, 0.6) is 0 Å². The third-order valence-electron chi connectivity index (χ3n) is 2.02. The maximum Gasteiger partial charge on any atom is 0.302 e. The van der Waals surface area contributed by atoms with Gasteiger partial charge in [0.25, 0.3) is 0 Å². The molecule has 0 radical (unpaired) electrons. The lowest BCUT2D eigenvalue weighted by Gasteiger charge is -1.89. The van der Waals surface area contributed by atoms with E-state index in [2.05, 4.69) is 30.7 Å². The highest BCUT2D eigenvalue weighted by Gasteiger charge is 1.81. The van der Waals surface area contributed by atoms with Gasteiger partial charge in [-0.2, -0.15) is 0 Å². The Bertz CT molecular complexity index is 314. The van der Waals surface area contributed by atoms with Crippen LogP contribution in [-0.4, -0.2) is 59.9 Å². The number of aryl methyl sites for hydroxylation is 1. The molecule has 1 aromatic rings. The quantitative estimate of drug-likeness (QED) is 0.586. The summed E-state index contributed by atoms with van der Waals surface area (Å²) in [6.07, 6.45) is 2.91. The van der Waals surface area contributed by atoms with Crippen molar-refractivity contribution in [3.8, 4) is 0 Å². The molecular weight excluding hydrogens is 348 g/mol. The second-order valence-electron chi connectivity index (χ2n) is 4.70. The predicted molar refractivity (Wildman–Crippen MR) is 114 cm³/mol. The fourth-order valence-electron chi connectivity index (χ4n) is 0.896. The summed E-state index contributed by atoms with van der Waals surface area (Å²) in [5.74, 6) is -0.211. The first-order valence-electron chi connectivity index (χ1n) is 9.33. The zero-order valence-corrected chi connectivity index (χ0v) is 18.4. The summed E-state index contributed by atoms with van der Waals surface area (Å²) in [4.78, 5) is 9.82. The molecule has 0 aliphatic carbocycles. The van der Waals surface area contributed by atoms with Crippen LogP contribution in [0.25, 0.3) is 0 Å². The molecule has 164 valence electrons. The average Bonchev–Trinajstić information content (AvgIpc) is 2.66. The first kappa shape index (κ1) is 36.4. The van der Waals surface area contributed by atoms with Gasteiger partial charge in [-0.3, -0.25) is 4.79 Å². The van der Waals surface area contributed by atoms with E-state index in [4.69, 9.17) is 20.4 Å². The largest absolute Gasteiger partial charge is 0.466 e. The van der Waals surface area contributed by atoms with Crippen LogP contribution in [0.4, 0.5) is 0 Å². The summed E-state index contributed by atoms with van der Waals surface area (Å²) in [6, 6.07) is 10.3. The van der Waals surface area contributed by atoms with Crippen LogP contribution in [0.1, 0.15) is 59.4 Å². The number of hydrogen-bond donors (Lipinski definition) is 4. The Balaban J connectivity index is -0.0000000751. The third-order valence-corrected chi connectivity index (χ3v) is 2.02. The van der Waals surface area contributed by atoms with E-state index in [1.807, 2.05) is 25.1 Å². The first-order valence-corrected chi connectivity index (χ1v) is 9.33. The van der Waals surface area contributed by atoms with Crippen LogP contribution in [0.2, 0.25) is 0 Å². The Hall–Kier alpha value is -1.47. The molecular formula is C21H44O6. The third kappa shape index (κ3) is 79.3. The summed E-state index contributed by atoms with van der Waals surface area (Å²) in [6.45, 7) is 12.3. The maximum atomic E-state index is 9.82. The van der Waals surface area contributed by atoms with Crippen molar-refractivity contribution < 1.29 is 30.0 Å². The van der Waals surface area contributed by atoms with E-state index in [-0.39, 0.29) is 12.6 Å². The molecule has 0 saturated heterocycles. The van der Waals surface area contributed by atoms with Crippen molar-refractivity contribution in [2.75, 3.05) is 33.5 Å². The second kappa shape index (κ2) is 44.2. The van der Waals surface area contributed by atoms with E-state index in [9.17, 15) is 4.79 Å². The predicted octanol–water partition coefficient (Wildman–Crippen LogP) is 3.34. The molecule has 0 saturated carbocycles. The number of benzene rings is 1. The molecule has 0 amide bonds. The molecule has 0 bridgehead atoms. The minimum Gasteiger partial charge on any atom is -0.466 e. The van der Waals surface area contributed by atoms with Crippen LogP contribution >= 0.6 is 0 Å². The molecule has 0 aromatic heterocycles. The Kier molecular flexibility index (Phi) is 59.7. The van der Waals surface area contributed by atoms with Gasteiger partial charge in [-0.15, -0.1) is 0 Å². The fourth-order valence-corrected chi connectivity index (χ4v) is 0.896. The number of esters is 1. The maximum absolute atomic E-state index is 9.82. The summed E-state index contributed by atoms with van der Waals surface area (Å²) in [5, 5.41) is 30.5. The summed E-state index contributed by atoms with van der Waals surface area (Å²) in [5.41, 5.74) is 1.32. The highest BCUT2D eigenvalue weighted by atomic mass is 16.5. The van der Waals surface area contributed by atoms with E-state index in [1.165, 1.54) is 12.5 Å². The van der Waals surface area contributed by atoms with Gasteiger partial charge in [0.15, 0.2) is 0 Å². The van der Waals surface area contributed by atoms with Crippen LogP contribution < -0.4 is 0 Å². The van der Waals surface area contributed by atoms with Gasteiger partial charge in [0.1, 0.15) is 0 Å². The number of carbonyl (C=O) groups is 1. The van der Waals surface area contributed by atoms with E-state index in [0.29, 0.717) is 19.8 Å². The van der Waals surface area contributed by atoms with E-state index in [1.54, 1.807) is 13.8 Å². The normalized spacial score (nSPS) is 7.52. The SMILES string of the molecule is CCCCO.CCCO.CCO.CCOC(C)=O.CO.Cc1ccccc1. The van der Waals surface area contributed by atoms with Crippen molar-refractivity contribution in [3.05, 3.63) is 35.9 Å². The van der Waals surface area contributed by atoms with Gasteiger partial charge >= 0.3 is 5.97 Å². The molecule has 0 aliphatic heterocycles. The van der Waals surface area contributed by atoms with E-state index in [0.717, 1.165) is 26.4 Å². The molecule has 1 aromatic carbocycles. The highest BCUT2D eigenvalue weighted by molar-refractivity contribution is 5.65. The Labute approximate surface area is 166 Å². The van der Waals surface area contributed by atoms with E-state index >= 15 is 0 Å². The molecule has 1 rings (SSSR count). The van der Waals surface area contributed by atoms with Crippen molar-refractivity contribution in [2.45, 2.75) is 60.8 Å². The lowest BCUT2D eigenvalue weighted by atomic mass is 10.2. The Morgan fingerprint density at radius 2 is 1.30 bits per heavy atom. The van der Waals surface area contributed by atoms with Crippen molar-refractivity contribution in [1.29, 1.82) is 0 Å². The van der Waals surface area contributed by atoms with Crippen molar-refractivity contribution in [1.82, 2.24) is 0 Å². The van der Waals surface area contributed by atoms with Gasteiger partial charge in [-0.1, -0.05) is 56.2 Å². The standard InChI is InChI=1S/C7H8.C4H8O2.C4H10O.C3H8O.C2H6O.CH4O/c1-7-5-3-2-4-6-7;1-3-6-4(2)5;1-2-3-4-5;1-2-3-4;1-2-3;1-2/h2-6H,1H3;3H2,1-2H3;5H,2-4H2,1H3;4H,2-3H2,1H3;3H,2H2,1H3;2H,1H3. The molecule has 4 N–H and O–H groups in total. The molecule has 0 fully saturated rings. The molecule has 0 unspecified atom stereocenters. The van der Waals surface area contributed by atoms with Crippen molar-refractivity contribution in [2.24, 2.45) is 0 Å². The summed E-state index contributed by atoms with van der Waals surface area (Å²) >= 11 is 0. The zero-order chi connectivity index (χ0) is 22.3. The van der Waals surface area contributed by atoms with Gasteiger partial charge in [0, 0.05) is 33.9 Å². The molecule has 27 heavy (non-hydrogen) atoms. The van der Waals surface area contributed by atoms with Crippen LogP contribution in [0, 0.1) is 6.92 Å². The van der Waals surface area contributed by atoms with Crippen molar-refractivity contribution >= 4 is 5.97 Å². The number of aliphatic hydroxyl groups excluding tert-OH is 4. The minimum absolute atomic E-state index is 0.211. The smallest absolute Gasteiger partial charge is 0.302 e. The number of ether oxygens (including phenoxy) is 1. The second-order valence-corrected chi connectivity index (χ2v) is 4.70. The molecule has 6 nitrogen and oxygen atoms in total. The summed E-state index contributed by atoms with van der Waals surface area (Å²) in [7, 11) is 1.00. The number of unbranched alkanes of at least 4 members (excludes halogenated alkanes) is 1. The molecule has 0 aliphatic rings.